The molecule has 1 aliphatic heterocycles. The summed E-state index contributed by atoms with van der Waals surface area (Å²) in [7, 11) is 3.34. The zero-order valence-corrected chi connectivity index (χ0v) is 18.4. The molecular weight excluding hydrogens is 390 g/mol. The van der Waals surface area contributed by atoms with E-state index in [0.29, 0.717) is 6.42 Å². The molecule has 0 N–H and O–H groups in total. The molecule has 6 heteroatoms. The first kappa shape index (κ1) is 21.1. The van der Waals surface area contributed by atoms with Crippen LogP contribution < -0.4 is 4.74 Å². The molecule has 1 fully saturated rings. The number of aryl methyl sites for hydroxylation is 1. The normalized spacial score (nSPS) is 18.4. The molecule has 1 saturated carbocycles. The predicted octanol–water partition coefficient (Wildman–Crippen LogP) is 3.94. The molecule has 2 aromatic carbocycles. The second kappa shape index (κ2) is 8.92. The van der Waals surface area contributed by atoms with Gasteiger partial charge in [0.05, 0.1) is 18.9 Å². The maximum atomic E-state index is 13.2. The Kier molecular flexibility index (Phi) is 6.07. The highest BCUT2D eigenvalue weighted by atomic mass is 16.5. The first-order chi connectivity index (χ1) is 15.0. The van der Waals surface area contributed by atoms with Crippen LogP contribution in [-0.4, -0.2) is 48.1 Å². The Balaban J connectivity index is 1.59. The quantitative estimate of drug-likeness (QED) is 0.713. The number of amides is 2. The van der Waals surface area contributed by atoms with Crippen molar-refractivity contribution in [1.29, 1.82) is 0 Å². The lowest BCUT2D eigenvalue weighted by Crippen LogP contribution is -2.42. The Morgan fingerprint density at radius 3 is 2.55 bits per heavy atom. The van der Waals surface area contributed by atoms with E-state index in [0.717, 1.165) is 41.9 Å². The zero-order valence-electron chi connectivity index (χ0n) is 18.4. The van der Waals surface area contributed by atoms with Crippen LogP contribution in [0.5, 0.6) is 5.75 Å². The van der Waals surface area contributed by atoms with Gasteiger partial charge in [-0.25, -0.2) is 5.01 Å². The van der Waals surface area contributed by atoms with Gasteiger partial charge in [0.1, 0.15) is 12.3 Å². The molecular formula is C25H29N3O3. The number of nitrogens with zero attached hydrogens (tertiary/aromatic N) is 3. The van der Waals surface area contributed by atoms with Crippen LogP contribution in [-0.2, 0) is 9.59 Å². The number of rotatable bonds is 6. The molecule has 6 nitrogen and oxygen atoms in total. The van der Waals surface area contributed by atoms with Crippen molar-refractivity contribution in [2.45, 2.75) is 38.6 Å². The average Bonchev–Trinajstić information content (AvgIpc) is 3.18. The monoisotopic (exact) mass is 419 g/mol. The van der Waals surface area contributed by atoms with E-state index in [1.165, 1.54) is 5.56 Å². The molecule has 4 rings (SSSR count). The topological polar surface area (TPSA) is 62.2 Å². The molecule has 162 valence electrons. The third-order valence-corrected chi connectivity index (χ3v) is 6.23. The standard InChI is InChI=1S/C25H29N3O3/c1-17-10-12-18(13-11-17)23-15-22(20-8-5-9-21(14-20)31-3)26-28(23)24(29)16-27(2)25(30)19-6-4-7-19/h5,8-14,19,23H,4,6-7,15-16H2,1-3H3. The molecule has 1 atom stereocenters. The van der Waals surface area contributed by atoms with Crippen LogP contribution >= 0.6 is 0 Å². The van der Waals surface area contributed by atoms with E-state index in [2.05, 4.69) is 0 Å². The van der Waals surface area contributed by atoms with Crippen LogP contribution in [0.4, 0.5) is 0 Å². The van der Waals surface area contributed by atoms with Gasteiger partial charge in [-0.2, -0.15) is 5.10 Å². The highest BCUT2D eigenvalue weighted by Gasteiger charge is 2.35. The first-order valence-electron chi connectivity index (χ1n) is 10.8. The number of hydrogen-bond acceptors (Lipinski definition) is 4. The molecule has 31 heavy (non-hydrogen) atoms. The minimum atomic E-state index is -0.193. The molecule has 0 aromatic heterocycles. The summed E-state index contributed by atoms with van der Waals surface area (Å²) in [5, 5.41) is 6.27. The van der Waals surface area contributed by atoms with Gasteiger partial charge in [-0.15, -0.1) is 0 Å². The first-order valence-corrected chi connectivity index (χ1v) is 10.8. The van der Waals surface area contributed by atoms with Crippen molar-refractivity contribution in [3.05, 3.63) is 65.2 Å². The fourth-order valence-electron chi connectivity index (χ4n) is 4.09. The number of benzene rings is 2. The van der Waals surface area contributed by atoms with E-state index in [4.69, 9.17) is 9.84 Å². The van der Waals surface area contributed by atoms with Gasteiger partial charge in [0.15, 0.2) is 0 Å². The van der Waals surface area contributed by atoms with Crippen molar-refractivity contribution >= 4 is 17.5 Å². The van der Waals surface area contributed by atoms with Crippen molar-refractivity contribution < 1.29 is 14.3 Å². The van der Waals surface area contributed by atoms with Gasteiger partial charge >= 0.3 is 0 Å². The molecule has 1 aliphatic carbocycles. The van der Waals surface area contributed by atoms with E-state index in [-0.39, 0.29) is 30.3 Å². The number of hydrazone groups is 1. The van der Waals surface area contributed by atoms with Crippen molar-refractivity contribution in [2.75, 3.05) is 20.7 Å². The molecule has 1 heterocycles. The van der Waals surface area contributed by atoms with Gasteiger partial charge in [-0.3, -0.25) is 9.59 Å². The van der Waals surface area contributed by atoms with Crippen LogP contribution in [0.2, 0.25) is 0 Å². The Bertz CT molecular complexity index is 995. The van der Waals surface area contributed by atoms with Gasteiger partial charge in [-0.1, -0.05) is 48.4 Å². The Hall–Kier alpha value is -3.15. The second-order valence-corrected chi connectivity index (χ2v) is 8.47. The summed E-state index contributed by atoms with van der Waals surface area (Å²) < 4.78 is 5.35. The van der Waals surface area contributed by atoms with Gasteiger partial charge in [0, 0.05) is 24.9 Å². The molecule has 2 amide bonds. The van der Waals surface area contributed by atoms with E-state index >= 15 is 0 Å². The number of carbonyl (C=O) groups excluding carboxylic acids is 2. The van der Waals surface area contributed by atoms with Crippen molar-refractivity contribution in [1.82, 2.24) is 9.91 Å². The minimum Gasteiger partial charge on any atom is -0.497 e. The Morgan fingerprint density at radius 1 is 1.16 bits per heavy atom. The fourth-order valence-corrected chi connectivity index (χ4v) is 4.09. The molecule has 0 saturated heterocycles. The number of ether oxygens (including phenoxy) is 1. The fraction of sp³-hybridized carbons (Fsp3) is 0.400. The van der Waals surface area contributed by atoms with E-state index in [1.807, 2.05) is 55.5 Å². The van der Waals surface area contributed by atoms with Gasteiger partial charge in [0.2, 0.25) is 5.91 Å². The molecule has 0 radical (unpaired) electrons. The summed E-state index contributed by atoms with van der Waals surface area (Å²) in [6.07, 6.45) is 3.55. The van der Waals surface area contributed by atoms with Crippen LogP contribution in [0.25, 0.3) is 0 Å². The lowest BCUT2D eigenvalue weighted by molar-refractivity contribution is -0.144. The van der Waals surface area contributed by atoms with Crippen LogP contribution in [0.15, 0.2) is 53.6 Å². The largest absolute Gasteiger partial charge is 0.497 e. The third-order valence-electron chi connectivity index (χ3n) is 6.23. The molecule has 0 bridgehead atoms. The Labute approximate surface area is 183 Å². The summed E-state index contributed by atoms with van der Waals surface area (Å²) in [6.45, 7) is 2.08. The predicted molar refractivity (Wildman–Crippen MR) is 120 cm³/mol. The van der Waals surface area contributed by atoms with Gasteiger partial charge < -0.3 is 9.64 Å². The highest BCUT2D eigenvalue weighted by Crippen LogP contribution is 2.34. The summed E-state index contributed by atoms with van der Waals surface area (Å²) in [4.78, 5) is 27.3. The van der Waals surface area contributed by atoms with Gasteiger partial charge in [-0.05, 0) is 37.5 Å². The van der Waals surface area contributed by atoms with Crippen LogP contribution in [0.3, 0.4) is 0 Å². The smallest absolute Gasteiger partial charge is 0.262 e. The van der Waals surface area contributed by atoms with E-state index in [9.17, 15) is 9.59 Å². The summed E-state index contributed by atoms with van der Waals surface area (Å²) in [5.41, 5.74) is 3.98. The third kappa shape index (κ3) is 4.48. The molecule has 1 unspecified atom stereocenters. The molecule has 0 spiro atoms. The SMILES string of the molecule is COc1cccc(C2=NN(C(=O)CN(C)C(=O)C3CCC3)C(c3ccc(C)cc3)C2)c1. The molecule has 2 aromatic rings. The highest BCUT2D eigenvalue weighted by molar-refractivity contribution is 6.03. The number of likely N-dealkylation sites (N-methyl/N-ethyl adjacent to an activating group) is 1. The Morgan fingerprint density at radius 2 is 1.90 bits per heavy atom. The second-order valence-electron chi connectivity index (χ2n) is 8.47. The average molecular weight is 420 g/mol. The number of hydrogen-bond donors (Lipinski definition) is 0. The van der Waals surface area contributed by atoms with Crippen LogP contribution in [0, 0.1) is 12.8 Å². The molecule has 2 aliphatic rings. The maximum absolute atomic E-state index is 13.2. The van der Waals surface area contributed by atoms with Crippen LogP contribution in [0.1, 0.15) is 48.4 Å². The summed E-state index contributed by atoms with van der Waals surface area (Å²) >= 11 is 0. The summed E-state index contributed by atoms with van der Waals surface area (Å²) in [5.74, 6) is 0.712. The van der Waals surface area contributed by atoms with E-state index < -0.39 is 0 Å². The van der Waals surface area contributed by atoms with Crippen molar-refractivity contribution in [3.8, 4) is 5.75 Å². The maximum Gasteiger partial charge on any atom is 0.262 e. The van der Waals surface area contributed by atoms with Crippen molar-refractivity contribution in [2.24, 2.45) is 11.0 Å². The zero-order chi connectivity index (χ0) is 22.0. The van der Waals surface area contributed by atoms with E-state index in [1.54, 1.807) is 24.1 Å². The lowest BCUT2D eigenvalue weighted by Gasteiger charge is -2.30. The number of carbonyl (C=O) groups is 2. The van der Waals surface area contributed by atoms with Gasteiger partial charge in [0.25, 0.3) is 5.91 Å². The lowest BCUT2D eigenvalue weighted by atomic mass is 9.84. The van der Waals surface area contributed by atoms with Crippen molar-refractivity contribution in [3.63, 3.8) is 0 Å². The minimum absolute atomic E-state index is 0.0343. The number of methoxy groups -OCH3 is 1. The summed E-state index contributed by atoms with van der Waals surface area (Å²) in [6, 6.07) is 15.7.